The number of imide groups is 1. The van der Waals surface area contributed by atoms with Crippen LogP contribution in [0.25, 0.3) is 11.3 Å². The fourth-order valence-corrected chi connectivity index (χ4v) is 4.75. The zero-order valence-electron chi connectivity index (χ0n) is 18.9. The van der Waals surface area contributed by atoms with Gasteiger partial charge in [0.1, 0.15) is 23.7 Å². The van der Waals surface area contributed by atoms with Crippen LogP contribution in [0, 0.1) is 25.6 Å². The standard InChI is InChI=1S/C26H27FN4O2/c1-14-9-12-19(20(27)13-14)21-16(3)28-24(29-21)23(15(2)17-7-5-4-6-8-17)31-25(32)22(18-10-11-18)30-26(31)33/h4-9,12-13,15,18,22-23H,10-11H2,1-3H3,(H,28,29)(H,30,33)/t15?,22-,23?/m1/s1. The molecule has 3 amide bonds. The van der Waals surface area contributed by atoms with Gasteiger partial charge in [0.05, 0.1) is 5.69 Å². The average Bonchev–Trinajstić information content (AvgIpc) is 3.51. The Morgan fingerprint density at radius 1 is 1.09 bits per heavy atom. The Balaban J connectivity index is 1.59. The molecule has 0 spiro atoms. The Morgan fingerprint density at radius 2 is 1.82 bits per heavy atom. The van der Waals surface area contributed by atoms with Crippen molar-refractivity contribution in [3.8, 4) is 11.3 Å². The van der Waals surface area contributed by atoms with Gasteiger partial charge in [-0.15, -0.1) is 0 Å². The molecule has 6 nitrogen and oxygen atoms in total. The number of amides is 3. The van der Waals surface area contributed by atoms with Crippen molar-refractivity contribution in [3.63, 3.8) is 0 Å². The quantitative estimate of drug-likeness (QED) is 0.523. The van der Waals surface area contributed by atoms with Gasteiger partial charge in [-0.1, -0.05) is 43.3 Å². The highest BCUT2D eigenvalue weighted by Crippen LogP contribution is 2.41. The zero-order chi connectivity index (χ0) is 23.3. The molecule has 5 rings (SSSR count). The van der Waals surface area contributed by atoms with Gasteiger partial charge in [-0.25, -0.2) is 14.2 Å². The molecule has 1 saturated heterocycles. The summed E-state index contributed by atoms with van der Waals surface area (Å²) in [6.07, 6.45) is 1.89. The molecular formula is C26H27FN4O2. The van der Waals surface area contributed by atoms with Crippen LogP contribution in [0.4, 0.5) is 9.18 Å². The van der Waals surface area contributed by atoms with Gasteiger partial charge in [0, 0.05) is 17.2 Å². The third kappa shape index (κ3) is 3.81. The van der Waals surface area contributed by atoms with E-state index in [4.69, 9.17) is 4.98 Å². The zero-order valence-corrected chi connectivity index (χ0v) is 18.9. The molecule has 2 fully saturated rings. The second-order valence-corrected chi connectivity index (χ2v) is 9.20. The lowest BCUT2D eigenvalue weighted by Crippen LogP contribution is -2.38. The van der Waals surface area contributed by atoms with Gasteiger partial charge in [-0.3, -0.25) is 9.69 Å². The van der Waals surface area contributed by atoms with Crippen molar-refractivity contribution >= 4 is 11.9 Å². The smallest absolute Gasteiger partial charge is 0.325 e. The van der Waals surface area contributed by atoms with Gasteiger partial charge in [0.25, 0.3) is 5.91 Å². The molecule has 3 atom stereocenters. The molecule has 0 radical (unpaired) electrons. The highest BCUT2D eigenvalue weighted by Gasteiger charge is 2.50. The molecule has 2 N–H and O–H groups in total. The van der Waals surface area contributed by atoms with E-state index in [2.05, 4.69) is 10.3 Å². The first kappa shape index (κ1) is 21.4. The lowest BCUT2D eigenvalue weighted by molar-refractivity contribution is -0.130. The Labute approximate surface area is 192 Å². The van der Waals surface area contributed by atoms with Gasteiger partial charge in [-0.2, -0.15) is 0 Å². The lowest BCUT2D eigenvalue weighted by atomic mass is 9.91. The minimum absolute atomic E-state index is 0.203. The predicted octanol–water partition coefficient (Wildman–Crippen LogP) is 5.01. The molecule has 7 heteroatoms. The lowest BCUT2D eigenvalue weighted by Gasteiger charge is -2.29. The van der Waals surface area contributed by atoms with E-state index in [-0.39, 0.29) is 23.6 Å². The van der Waals surface area contributed by atoms with Crippen LogP contribution >= 0.6 is 0 Å². The number of aromatic nitrogens is 2. The van der Waals surface area contributed by atoms with Crippen molar-refractivity contribution < 1.29 is 14.0 Å². The summed E-state index contributed by atoms with van der Waals surface area (Å²) in [5.74, 6) is -0.117. The van der Waals surface area contributed by atoms with Gasteiger partial charge in [-0.05, 0) is 55.9 Å². The van der Waals surface area contributed by atoms with Crippen molar-refractivity contribution in [1.29, 1.82) is 0 Å². The van der Waals surface area contributed by atoms with E-state index >= 15 is 0 Å². The number of benzene rings is 2. The molecule has 1 saturated carbocycles. The molecule has 1 aliphatic carbocycles. The van der Waals surface area contributed by atoms with Crippen LogP contribution in [0.3, 0.4) is 0 Å². The third-order valence-electron chi connectivity index (χ3n) is 6.73. The number of carbonyl (C=O) groups is 2. The second kappa shape index (κ2) is 8.14. The summed E-state index contributed by atoms with van der Waals surface area (Å²) in [6, 6.07) is 13.3. The minimum Gasteiger partial charge on any atom is -0.344 e. The van der Waals surface area contributed by atoms with Crippen molar-refractivity contribution in [1.82, 2.24) is 20.2 Å². The molecule has 2 aliphatic rings. The number of H-pyrrole nitrogens is 1. The van der Waals surface area contributed by atoms with Crippen LogP contribution in [0.1, 0.15) is 54.4 Å². The van der Waals surface area contributed by atoms with E-state index in [9.17, 15) is 14.0 Å². The SMILES string of the molecule is Cc1ccc(-c2nc(C(C(C)c3ccccc3)N3C(=O)N[C@H](C4CC4)C3=O)[nH]c2C)c(F)c1. The van der Waals surface area contributed by atoms with E-state index < -0.39 is 18.1 Å². The van der Waals surface area contributed by atoms with Crippen molar-refractivity contribution in [2.75, 3.05) is 0 Å². The topological polar surface area (TPSA) is 78.1 Å². The van der Waals surface area contributed by atoms with Gasteiger partial charge >= 0.3 is 6.03 Å². The number of nitrogens with one attached hydrogen (secondary N) is 2. The molecule has 3 aromatic rings. The van der Waals surface area contributed by atoms with Crippen molar-refractivity contribution in [2.24, 2.45) is 5.92 Å². The van der Waals surface area contributed by atoms with Crippen molar-refractivity contribution in [2.45, 2.75) is 51.6 Å². The average molecular weight is 447 g/mol. The van der Waals surface area contributed by atoms with Crippen LogP contribution in [-0.2, 0) is 4.79 Å². The number of aryl methyl sites for hydroxylation is 2. The normalized spacial score (nSPS) is 20.1. The molecule has 0 bridgehead atoms. The molecule has 2 aromatic carbocycles. The molecule has 1 aliphatic heterocycles. The molecule has 33 heavy (non-hydrogen) atoms. The number of rotatable bonds is 6. The Morgan fingerprint density at radius 3 is 2.48 bits per heavy atom. The molecular weight excluding hydrogens is 419 g/mol. The number of hydrogen-bond donors (Lipinski definition) is 2. The van der Waals surface area contributed by atoms with Crippen LogP contribution in [0.2, 0.25) is 0 Å². The summed E-state index contributed by atoms with van der Waals surface area (Å²) in [7, 11) is 0. The first-order valence-electron chi connectivity index (χ1n) is 11.4. The number of carbonyl (C=O) groups excluding carboxylic acids is 2. The minimum atomic E-state index is -0.649. The highest BCUT2D eigenvalue weighted by atomic mass is 19.1. The monoisotopic (exact) mass is 446 g/mol. The molecule has 1 aromatic heterocycles. The predicted molar refractivity (Wildman–Crippen MR) is 123 cm³/mol. The fraction of sp³-hybridized carbons (Fsp3) is 0.346. The summed E-state index contributed by atoms with van der Waals surface area (Å²) in [5, 5.41) is 2.88. The molecule has 170 valence electrons. The van der Waals surface area contributed by atoms with Crippen molar-refractivity contribution in [3.05, 3.63) is 77.0 Å². The number of halogens is 1. The highest BCUT2D eigenvalue weighted by molar-refractivity contribution is 6.05. The molecule has 2 heterocycles. The van der Waals surface area contributed by atoms with E-state index in [0.717, 1.165) is 24.0 Å². The fourth-order valence-electron chi connectivity index (χ4n) is 4.75. The van der Waals surface area contributed by atoms with Gasteiger partial charge < -0.3 is 10.3 Å². The summed E-state index contributed by atoms with van der Waals surface area (Å²) >= 11 is 0. The van der Waals surface area contributed by atoms with E-state index in [1.807, 2.05) is 57.2 Å². The maximum absolute atomic E-state index is 14.7. The summed E-state index contributed by atoms with van der Waals surface area (Å²) in [4.78, 5) is 35.7. The Hall–Kier alpha value is -3.48. The number of urea groups is 1. The third-order valence-corrected chi connectivity index (χ3v) is 6.73. The van der Waals surface area contributed by atoms with E-state index in [1.165, 1.54) is 11.0 Å². The number of nitrogens with zero attached hydrogens (tertiary/aromatic N) is 2. The summed E-state index contributed by atoms with van der Waals surface area (Å²) in [5.41, 5.74) is 3.36. The second-order valence-electron chi connectivity index (χ2n) is 9.20. The first-order valence-corrected chi connectivity index (χ1v) is 11.4. The number of aromatic amines is 1. The van der Waals surface area contributed by atoms with Crippen LogP contribution in [0.5, 0.6) is 0 Å². The van der Waals surface area contributed by atoms with E-state index in [1.54, 1.807) is 6.07 Å². The van der Waals surface area contributed by atoms with Crippen LogP contribution in [-0.4, -0.2) is 32.8 Å². The van der Waals surface area contributed by atoms with Gasteiger partial charge in [0.15, 0.2) is 0 Å². The van der Waals surface area contributed by atoms with Crippen LogP contribution < -0.4 is 5.32 Å². The number of hydrogen-bond acceptors (Lipinski definition) is 3. The van der Waals surface area contributed by atoms with Gasteiger partial charge in [0.2, 0.25) is 0 Å². The summed E-state index contributed by atoms with van der Waals surface area (Å²) in [6.45, 7) is 5.64. The van der Waals surface area contributed by atoms with Crippen LogP contribution in [0.15, 0.2) is 48.5 Å². The largest absolute Gasteiger partial charge is 0.344 e. The number of imidazole rings is 1. The first-order chi connectivity index (χ1) is 15.8. The maximum Gasteiger partial charge on any atom is 0.325 e. The van der Waals surface area contributed by atoms with E-state index in [0.29, 0.717) is 22.8 Å². The summed E-state index contributed by atoms with van der Waals surface area (Å²) < 4.78 is 14.7. The maximum atomic E-state index is 14.7. The molecule has 2 unspecified atom stereocenters. The Kier molecular flexibility index (Phi) is 5.27. The Bertz CT molecular complexity index is 1220.